The normalized spacial score (nSPS) is 21.1. The molecule has 1 saturated heterocycles. The van der Waals surface area contributed by atoms with E-state index in [0.29, 0.717) is 13.0 Å². The molecule has 2 aromatic carbocycles. The van der Waals surface area contributed by atoms with Gasteiger partial charge in [0.2, 0.25) is 5.91 Å². The molecule has 3 rings (SSSR count). The molecule has 3 atom stereocenters. The van der Waals surface area contributed by atoms with Gasteiger partial charge >= 0.3 is 0 Å². The third-order valence-corrected chi connectivity index (χ3v) is 5.38. The zero-order valence-corrected chi connectivity index (χ0v) is 16.1. The molecule has 1 heterocycles. The van der Waals surface area contributed by atoms with Crippen LogP contribution in [0.25, 0.3) is 0 Å². The molecule has 6 heteroatoms. The SMILES string of the molecule is CCC(=O)N1[C@H](CO)[C@@H](c2ccccc2)[C@@H]1CN(C)C(=O)c1cccc(F)c1. The van der Waals surface area contributed by atoms with E-state index >= 15 is 0 Å². The van der Waals surface area contributed by atoms with E-state index in [-0.39, 0.29) is 42.0 Å². The minimum atomic E-state index is -0.465. The minimum Gasteiger partial charge on any atom is -0.394 e. The number of hydrogen-bond acceptors (Lipinski definition) is 3. The standard InChI is InChI=1S/C22H25FN2O3/c1-3-20(27)25-18(21(19(25)14-26)15-8-5-4-6-9-15)13-24(2)22(28)16-10-7-11-17(23)12-16/h4-12,18-19,21,26H,3,13-14H2,1-2H3/t18-,19+,21-/m0/s1. The Bertz CT molecular complexity index is 843. The van der Waals surface area contributed by atoms with Crippen LogP contribution in [-0.4, -0.2) is 59.0 Å². The maximum atomic E-state index is 13.5. The Hall–Kier alpha value is -2.73. The molecule has 2 aromatic rings. The number of rotatable bonds is 6. The summed E-state index contributed by atoms with van der Waals surface area (Å²) in [5, 5.41) is 9.89. The molecule has 1 N–H and O–H groups in total. The van der Waals surface area contributed by atoms with Crippen LogP contribution in [0.4, 0.5) is 4.39 Å². The number of halogens is 1. The van der Waals surface area contributed by atoms with E-state index in [1.54, 1.807) is 24.9 Å². The molecule has 0 saturated carbocycles. The number of benzene rings is 2. The molecule has 0 bridgehead atoms. The van der Waals surface area contributed by atoms with E-state index < -0.39 is 5.82 Å². The molecule has 1 fully saturated rings. The molecule has 0 radical (unpaired) electrons. The molecule has 0 unspecified atom stereocenters. The van der Waals surface area contributed by atoms with Gasteiger partial charge in [-0.1, -0.05) is 43.3 Å². The third kappa shape index (κ3) is 3.78. The molecule has 1 aliphatic rings. The molecule has 28 heavy (non-hydrogen) atoms. The summed E-state index contributed by atoms with van der Waals surface area (Å²) in [7, 11) is 1.65. The second kappa shape index (κ2) is 8.52. The zero-order valence-electron chi connectivity index (χ0n) is 16.1. The summed E-state index contributed by atoms with van der Waals surface area (Å²) < 4.78 is 13.5. The second-order valence-electron chi connectivity index (χ2n) is 7.10. The fraction of sp³-hybridized carbons (Fsp3) is 0.364. The van der Waals surface area contributed by atoms with Crippen molar-refractivity contribution in [2.24, 2.45) is 0 Å². The number of aliphatic hydroxyl groups is 1. The number of hydrogen-bond donors (Lipinski definition) is 1. The van der Waals surface area contributed by atoms with Crippen molar-refractivity contribution in [1.29, 1.82) is 0 Å². The van der Waals surface area contributed by atoms with Gasteiger partial charge < -0.3 is 14.9 Å². The van der Waals surface area contributed by atoms with Crippen molar-refractivity contribution in [2.75, 3.05) is 20.2 Å². The summed E-state index contributed by atoms with van der Waals surface area (Å²) in [5.41, 5.74) is 1.29. The molecular formula is C22H25FN2O3. The van der Waals surface area contributed by atoms with Crippen molar-refractivity contribution in [3.63, 3.8) is 0 Å². The lowest BCUT2D eigenvalue weighted by Gasteiger charge is -2.55. The molecule has 5 nitrogen and oxygen atoms in total. The quantitative estimate of drug-likeness (QED) is 0.833. The number of likely N-dealkylation sites (N-methyl/N-ethyl adjacent to an activating group) is 1. The van der Waals surface area contributed by atoms with Gasteiger partial charge in [0.05, 0.1) is 18.7 Å². The van der Waals surface area contributed by atoms with Crippen molar-refractivity contribution >= 4 is 11.8 Å². The Morgan fingerprint density at radius 1 is 1.11 bits per heavy atom. The maximum Gasteiger partial charge on any atom is 0.253 e. The second-order valence-corrected chi connectivity index (χ2v) is 7.10. The van der Waals surface area contributed by atoms with E-state index in [1.807, 2.05) is 30.3 Å². The van der Waals surface area contributed by atoms with Gasteiger partial charge in [0, 0.05) is 31.5 Å². The average Bonchev–Trinajstić information content (AvgIpc) is 2.70. The van der Waals surface area contributed by atoms with Crippen LogP contribution in [0.2, 0.25) is 0 Å². The first kappa shape index (κ1) is 20.0. The average molecular weight is 384 g/mol. The van der Waals surface area contributed by atoms with Crippen LogP contribution in [-0.2, 0) is 4.79 Å². The van der Waals surface area contributed by atoms with Crippen LogP contribution in [0.3, 0.4) is 0 Å². The van der Waals surface area contributed by atoms with Crippen LogP contribution >= 0.6 is 0 Å². The summed E-state index contributed by atoms with van der Waals surface area (Å²) in [5.74, 6) is -0.886. The minimum absolute atomic E-state index is 0.0529. The van der Waals surface area contributed by atoms with E-state index in [9.17, 15) is 19.1 Å². The lowest BCUT2D eigenvalue weighted by molar-refractivity contribution is -0.151. The summed E-state index contributed by atoms with van der Waals surface area (Å²) >= 11 is 0. The lowest BCUT2D eigenvalue weighted by Crippen LogP contribution is -2.68. The molecular weight excluding hydrogens is 359 g/mol. The molecule has 148 valence electrons. The highest BCUT2D eigenvalue weighted by Crippen LogP contribution is 2.41. The Labute approximate surface area is 164 Å². The summed E-state index contributed by atoms with van der Waals surface area (Å²) in [6, 6.07) is 14.7. The van der Waals surface area contributed by atoms with Gasteiger partial charge in [-0.2, -0.15) is 0 Å². The van der Waals surface area contributed by atoms with Gasteiger partial charge in [-0.3, -0.25) is 9.59 Å². The smallest absolute Gasteiger partial charge is 0.253 e. The van der Waals surface area contributed by atoms with Crippen molar-refractivity contribution < 1.29 is 19.1 Å². The fourth-order valence-electron chi connectivity index (χ4n) is 4.03. The Kier molecular flexibility index (Phi) is 6.09. The lowest BCUT2D eigenvalue weighted by atomic mass is 9.74. The van der Waals surface area contributed by atoms with Gasteiger partial charge in [0.1, 0.15) is 5.82 Å². The predicted molar refractivity (Wildman–Crippen MR) is 104 cm³/mol. The third-order valence-electron chi connectivity index (χ3n) is 5.38. The molecule has 0 aromatic heterocycles. The van der Waals surface area contributed by atoms with E-state index in [2.05, 4.69) is 0 Å². The van der Waals surface area contributed by atoms with E-state index in [4.69, 9.17) is 0 Å². The molecule has 0 aliphatic carbocycles. The first-order chi connectivity index (χ1) is 13.5. The maximum absolute atomic E-state index is 13.5. The Morgan fingerprint density at radius 3 is 2.43 bits per heavy atom. The van der Waals surface area contributed by atoms with Crippen molar-refractivity contribution in [2.45, 2.75) is 31.3 Å². The number of amides is 2. The van der Waals surface area contributed by atoms with Gasteiger partial charge in [-0.15, -0.1) is 0 Å². The Balaban J connectivity index is 1.84. The van der Waals surface area contributed by atoms with E-state index in [0.717, 1.165) is 5.56 Å². The molecule has 2 amide bonds. The van der Waals surface area contributed by atoms with Crippen LogP contribution in [0.15, 0.2) is 54.6 Å². The topological polar surface area (TPSA) is 60.9 Å². The highest BCUT2D eigenvalue weighted by molar-refractivity contribution is 5.94. The monoisotopic (exact) mass is 384 g/mol. The van der Waals surface area contributed by atoms with Gasteiger partial charge in [-0.05, 0) is 23.8 Å². The summed E-state index contributed by atoms with van der Waals surface area (Å²) in [6.45, 7) is 1.95. The Morgan fingerprint density at radius 2 is 1.82 bits per heavy atom. The number of nitrogens with zero attached hydrogens (tertiary/aromatic N) is 2. The van der Waals surface area contributed by atoms with Crippen molar-refractivity contribution in [3.05, 3.63) is 71.5 Å². The predicted octanol–water partition coefficient (Wildman–Crippen LogP) is 2.66. The van der Waals surface area contributed by atoms with Crippen molar-refractivity contribution in [1.82, 2.24) is 9.80 Å². The summed E-state index contributed by atoms with van der Waals surface area (Å²) in [6.07, 6.45) is 0.329. The number of carbonyl (C=O) groups is 2. The van der Waals surface area contributed by atoms with Crippen LogP contribution in [0, 0.1) is 5.82 Å². The highest BCUT2D eigenvalue weighted by Gasteiger charge is 2.51. The van der Waals surface area contributed by atoms with Gasteiger partial charge in [0.25, 0.3) is 5.91 Å². The van der Waals surface area contributed by atoms with Crippen LogP contribution < -0.4 is 0 Å². The molecule has 1 aliphatic heterocycles. The van der Waals surface area contributed by atoms with Crippen molar-refractivity contribution in [3.8, 4) is 0 Å². The van der Waals surface area contributed by atoms with E-state index in [1.165, 1.54) is 23.1 Å². The summed E-state index contributed by atoms with van der Waals surface area (Å²) in [4.78, 5) is 28.4. The first-order valence-corrected chi connectivity index (χ1v) is 9.46. The largest absolute Gasteiger partial charge is 0.394 e. The van der Waals surface area contributed by atoms with Crippen LogP contribution in [0.5, 0.6) is 0 Å². The highest BCUT2D eigenvalue weighted by atomic mass is 19.1. The fourth-order valence-corrected chi connectivity index (χ4v) is 4.03. The van der Waals surface area contributed by atoms with Crippen LogP contribution in [0.1, 0.15) is 35.2 Å². The number of carbonyl (C=O) groups excluding carboxylic acids is 2. The number of likely N-dealkylation sites (tertiary alicyclic amines) is 1. The first-order valence-electron chi connectivity index (χ1n) is 9.46. The molecule has 0 spiro atoms. The zero-order chi connectivity index (χ0) is 20.3. The van der Waals surface area contributed by atoms with Gasteiger partial charge in [0.15, 0.2) is 0 Å². The van der Waals surface area contributed by atoms with Gasteiger partial charge in [-0.25, -0.2) is 4.39 Å². The number of aliphatic hydroxyl groups excluding tert-OH is 1.